The van der Waals surface area contributed by atoms with Crippen molar-refractivity contribution in [2.24, 2.45) is 5.41 Å². The van der Waals surface area contributed by atoms with Crippen LogP contribution in [-0.4, -0.2) is 43.9 Å². The predicted molar refractivity (Wildman–Crippen MR) is 78.7 cm³/mol. The zero-order chi connectivity index (χ0) is 14.8. The molecule has 2 N–H and O–H groups in total. The molecule has 1 fully saturated rings. The van der Waals surface area contributed by atoms with Gasteiger partial charge >= 0.3 is 0 Å². The van der Waals surface area contributed by atoms with Crippen molar-refractivity contribution in [3.8, 4) is 0 Å². The maximum absolute atomic E-state index is 12.4. The van der Waals surface area contributed by atoms with Crippen LogP contribution in [0.1, 0.15) is 23.7 Å². The lowest BCUT2D eigenvalue weighted by atomic mass is 9.88. The van der Waals surface area contributed by atoms with Crippen LogP contribution < -0.4 is 10.6 Å². The number of hydrogen-bond acceptors (Lipinski definition) is 3. The first-order chi connectivity index (χ1) is 9.44. The van der Waals surface area contributed by atoms with E-state index in [0.29, 0.717) is 17.8 Å². The lowest BCUT2D eigenvalue weighted by Crippen LogP contribution is -2.36. The van der Waals surface area contributed by atoms with Gasteiger partial charge in [0.1, 0.15) is 0 Å². The van der Waals surface area contributed by atoms with Gasteiger partial charge in [-0.05, 0) is 32.0 Å². The molecule has 1 aromatic rings. The number of carbonyl (C=O) groups is 2. The molecule has 0 aromatic heterocycles. The second-order valence-electron chi connectivity index (χ2n) is 5.69. The number of nitrogens with one attached hydrogen (secondary N) is 2. The summed E-state index contributed by atoms with van der Waals surface area (Å²) in [5.41, 5.74) is 0.679. The number of anilines is 1. The number of rotatable bonds is 3. The van der Waals surface area contributed by atoms with Crippen LogP contribution in [0.2, 0.25) is 0 Å². The smallest absolute Gasteiger partial charge is 0.255 e. The third-order valence-corrected chi connectivity index (χ3v) is 3.73. The summed E-state index contributed by atoms with van der Waals surface area (Å²) < 4.78 is 0. The van der Waals surface area contributed by atoms with E-state index in [2.05, 4.69) is 10.6 Å². The largest absolute Gasteiger partial charge is 0.345 e. The van der Waals surface area contributed by atoms with Gasteiger partial charge in [0.05, 0.1) is 16.7 Å². The van der Waals surface area contributed by atoms with Gasteiger partial charge in [0.2, 0.25) is 5.91 Å². The maximum atomic E-state index is 12.4. The van der Waals surface area contributed by atoms with Gasteiger partial charge in [0.25, 0.3) is 5.91 Å². The van der Waals surface area contributed by atoms with Crippen molar-refractivity contribution in [1.29, 1.82) is 0 Å². The zero-order valence-electron chi connectivity index (χ0n) is 12.2. The second kappa shape index (κ2) is 5.63. The molecule has 2 rings (SSSR count). The molecule has 0 aliphatic carbocycles. The molecule has 2 amide bonds. The molecule has 1 unspecified atom stereocenters. The van der Waals surface area contributed by atoms with Crippen LogP contribution in [0.15, 0.2) is 24.3 Å². The summed E-state index contributed by atoms with van der Waals surface area (Å²) in [5.74, 6) is -0.155. The third-order valence-electron chi connectivity index (χ3n) is 3.73. The summed E-state index contributed by atoms with van der Waals surface area (Å²) in [7, 11) is 3.40. The molecule has 1 atom stereocenters. The van der Waals surface area contributed by atoms with E-state index in [9.17, 15) is 9.59 Å². The Balaban J connectivity index is 2.21. The van der Waals surface area contributed by atoms with Gasteiger partial charge in [0.15, 0.2) is 0 Å². The van der Waals surface area contributed by atoms with Crippen LogP contribution in [0, 0.1) is 5.41 Å². The van der Waals surface area contributed by atoms with Crippen molar-refractivity contribution < 1.29 is 9.59 Å². The molecule has 1 aromatic carbocycles. The fourth-order valence-electron chi connectivity index (χ4n) is 2.30. The number of carbonyl (C=O) groups excluding carboxylic acids is 2. The Morgan fingerprint density at radius 2 is 2.00 bits per heavy atom. The maximum Gasteiger partial charge on any atom is 0.255 e. The Morgan fingerprint density at radius 1 is 1.30 bits per heavy atom. The number of para-hydroxylation sites is 1. The first-order valence-electron chi connectivity index (χ1n) is 6.77. The van der Waals surface area contributed by atoms with Crippen molar-refractivity contribution in [1.82, 2.24) is 10.2 Å². The van der Waals surface area contributed by atoms with Crippen LogP contribution >= 0.6 is 0 Å². The number of nitrogens with zero attached hydrogens (tertiary/aromatic N) is 1. The quantitative estimate of drug-likeness (QED) is 0.875. The average molecular weight is 275 g/mol. The van der Waals surface area contributed by atoms with E-state index in [1.807, 2.05) is 13.0 Å². The molecule has 0 saturated carbocycles. The summed E-state index contributed by atoms with van der Waals surface area (Å²) in [4.78, 5) is 26.0. The fraction of sp³-hybridized carbons (Fsp3) is 0.467. The van der Waals surface area contributed by atoms with Gasteiger partial charge in [0, 0.05) is 20.6 Å². The average Bonchev–Trinajstić information content (AvgIpc) is 2.87. The Kier molecular flexibility index (Phi) is 4.09. The highest BCUT2D eigenvalue weighted by atomic mass is 16.2. The SMILES string of the molecule is CN(C)C(=O)c1ccccc1NC(=O)C1(C)CCNC1. The second-order valence-corrected chi connectivity index (χ2v) is 5.69. The number of benzene rings is 1. The highest BCUT2D eigenvalue weighted by Crippen LogP contribution is 2.27. The van der Waals surface area contributed by atoms with Gasteiger partial charge in [-0.1, -0.05) is 12.1 Å². The molecule has 0 bridgehead atoms. The molecular weight excluding hydrogens is 254 g/mol. The van der Waals surface area contributed by atoms with E-state index < -0.39 is 5.41 Å². The van der Waals surface area contributed by atoms with Crippen molar-refractivity contribution in [2.45, 2.75) is 13.3 Å². The molecule has 1 saturated heterocycles. The van der Waals surface area contributed by atoms with Gasteiger partial charge in [-0.15, -0.1) is 0 Å². The topological polar surface area (TPSA) is 61.4 Å². The highest BCUT2D eigenvalue weighted by Gasteiger charge is 2.36. The van der Waals surface area contributed by atoms with E-state index in [1.54, 1.807) is 32.3 Å². The minimum Gasteiger partial charge on any atom is -0.345 e. The molecule has 1 aliphatic rings. The first kappa shape index (κ1) is 14.5. The zero-order valence-corrected chi connectivity index (χ0v) is 12.2. The monoisotopic (exact) mass is 275 g/mol. The van der Waals surface area contributed by atoms with Crippen LogP contribution in [0.5, 0.6) is 0 Å². The van der Waals surface area contributed by atoms with Gasteiger partial charge in [-0.2, -0.15) is 0 Å². The lowest BCUT2D eigenvalue weighted by molar-refractivity contribution is -0.123. The van der Waals surface area contributed by atoms with E-state index >= 15 is 0 Å². The molecule has 1 heterocycles. The Labute approximate surface area is 119 Å². The molecule has 20 heavy (non-hydrogen) atoms. The van der Waals surface area contributed by atoms with Crippen molar-refractivity contribution in [3.05, 3.63) is 29.8 Å². The normalized spacial score (nSPS) is 21.6. The summed E-state index contributed by atoms with van der Waals surface area (Å²) in [6, 6.07) is 7.11. The molecule has 0 spiro atoms. The van der Waals surface area contributed by atoms with E-state index in [-0.39, 0.29) is 11.8 Å². The molecule has 5 heteroatoms. The molecule has 1 aliphatic heterocycles. The number of amides is 2. The fourth-order valence-corrected chi connectivity index (χ4v) is 2.30. The Morgan fingerprint density at radius 3 is 2.60 bits per heavy atom. The first-order valence-corrected chi connectivity index (χ1v) is 6.77. The van der Waals surface area contributed by atoms with Crippen molar-refractivity contribution >= 4 is 17.5 Å². The Bertz CT molecular complexity index is 520. The van der Waals surface area contributed by atoms with E-state index in [4.69, 9.17) is 0 Å². The van der Waals surface area contributed by atoms with E-state index in [1.165, 1.54) is 4.90 Å². The molecule has 5 nitrogen and oxygen atoms in total. The number of hydrogen-bond donors (Lipinski definition) is 2. The van der Waals surface area contributed by atoms with E-state index in [0.717, 1.165) is 13.0 Å². The van der Waals surface area contributed by atoms with Crippen LogP contribution in [0.4, 0.5) is 5.69 Å². The highest BCUT2D eigenvalue weighted by molar-refractivity contribution is 6.04. The molecule has 108 valence electrons. The summed E-state index contributed by atoms with van der Waals surface area (Å²) >= 11 is 0. The molecular formula is C15H21N3O2. The minimum absolute atomic E-state index is 0.0403. The van der Waals surface area contributed by atoms with Gasteiger partial charge in [-0.3, -0.25) is 9.59 Å². The van der Waals surface area contributed by atoms with Gasteiger partial charge in [-0.25, -0.2) is 0 Å². The Hall–Kier alpha value is -1.88. The van der Waals surface area contributed by atoms with Crippen molar-refractivity contribution in [2.75, 3.05) is 32.5 Å². The molecule has 0 radical (unpaired) electrons. The summed E-state index contributed by atoms with van der Waals surface area (Å²) in [5, 5.41) is 6.10. The standard InChI is InChI=1S/C15H21N3O2/c1-15(8-9-16-10-15)14(20)17-12-7-5-4-6-11(12)13(19)18(2)3/h4-7,16H,8-10H2,1-3H3,(H,17,20). The third kappa shape index (κ3) is 2.82. The van der Waals surface area contributed by atoms with Crippen LogP contribution in [0.25, 0.3) is 0 Å². The summed E-state index contributed by atoms with van der Waals surface area (Å²) in [6.07, 6.45) is 0.808. The predicted octanol–water partition coefficient (Wildman–Crippen LogP) is 1.33. The lowest BCUT2D eigenvalue weighted by Gasteiger charge is -2.23. The van der Waals surface area contributed by atoms with Crippen LogP contribution in [-0.2, 0) is 4.79 Å². The van der Waals surface area contributed by atoms with Crippen molar-refractivity contribution in [3.63, 3.8) is 0 Å². The van der Waals surface area contributed by atoms with Gasteiger partial charge < -0.3 is 15.5 Å². The summed E-state index contributed by atoms with van der Waals surface area (Å²) in [6.45, 7) is 3.46. The van der Waals surface area contributed by atoms with Crippen LogP contribution in [0.3, 0.4) is 0 Å². The minimum atomic E-state index is -0.408.